The van der Waals surface area contributed by atoms with E-state index in [-0.39, 0.29) is 0 Å². The predicted octanol–water partition coefficient (Wildman–Crippen LogP) is 2.99. The molecule has 3 unspecified atom stereocenters. The van der Waals surface area contributed by atoms with Gasteiger partial charge in [0.05, 0.1) is 0 Å². The number of benzene rings is 1. The molecule has 0 aromatic heterocycles. The molecule has 1 saturated carbocycles. The molecule has 3 rings (SSSR count). The fourth-order valence-electron chi connectivity index (χ4n) is 3.63. The van der Waals surface area contributed by atoms with E-state index < -0.39 is 0 Å². The second kappa shape index (κ2) is 8.02. The second-order valence-corrected chi connectivity index (χ2v) is 7.64. The van der Waals surface area contributed by atoms with Crippen LogP contribution in [0.3, 0.4) is 0 Å². The molecule has 0 bridgehead atoms. The second-order valence-electron chi connectivity index (χ2n) is 7.64. The first-order chi connectivity index (χ1) is 11.7. The lowest BCUT2D eigenvalue weighted by atomic mass is 9.99. The van der Waals surface area contributed by atoms with Crippen molar-refractivity contribution in [1.29, 1.82) is 0 Å². The Hall–Kier alpha value is -1.55. The summed E-state index contributed by atoms with van der Waals surface area (Å²) in [5, 5.41) is 6.98. The van der Waals surface area contributed by atoms with E-state index in [4.69, 9.17) is 0 Å². The summed E-state index contributed by atoms with van der Waals surface area (Å²) in [5.41, 5.74) is 2.82. The summed E-state index contributed by atoms with van der Waals surface area (Å²) < 4.78 is 0. The highest BCUT2D eigenvalue weighted by molar-refractivity contribution is 5.80. The molecular weight excluding hydrogens is 296 g/mol. The lowest BCUT2D eigenvalue weighted by Crippen LogP contribution is -2.39. The van der Waals surface area contributed by atoms with Crippen LogP contribution in [0.25, 0.3) is 0 Å². The number of rotatable bonds is 5. The van der Waals surface area contributed by atoms with Crippen LogP contribution >= 0.6 is 0 Å². The van der Waals surface area contributed by atoms with Crippen molar-refractivity contribution >= 4 is 5.96 Å². The van der Waals surface area contributed by atoms with Gasteiger partial charge in [-0.2, -0.15) is 0 Å². The molecule has 2 N–H and O–H groups in total. The summed E-state index contributed by atoms with van der Waals surface area (Å²) >= 11 is 0. The Kier molecular flexibility index (Phi) is 5.77. The Morgan fingerprint density at radius 3 is 2.67 bits per heavy atom. The lowest BCUT2D eigenvalue weighted by Gasteiger charge is -2.31. The predicted molar refractivity (Wildman–Crippen MR) is 101 cm³/mol. The number of likely N-dealkylation sites (tertiary alicyclic amines) is 1. The molecule has 1 aromatic carbocycles. The third kappa shape index (κ3) is 4.73. The lowest BCUT2D eigenvalue weighted by molar-refractivity contribution is 0.176. The maximum absolute atomic E-state index is 4.36. The number of guanidine groups is 1. The van der Waals surface area contributed by atoms with Crippen molar-refractivity contribution in [3.63, 3.8) is 0 Å². The van der Waals surface area contributed by atoms with Crippen molar-refractivity contribution in [3.8, 4) is 0 Å². The van der Waals surface area contributed by atoms with E-state index in [9.17, 15) is 0 Å². The number of aliphatic imine (C=N–C) groups is 1. The number of piperidine rings is 1. The average molecular weight is 329 g/mol. The molecule has 3 atom stereocenters. The van der Waals surface area contributed by atoms with Gasteiger partial charge in [0.1, 0.15) is 0 Å². The number of nitrogens with one attached hydrogen (secondary N) is 2. The van der Waals surface area contributed by atoms with Gasteiger partial charge in [0.2, 0.25) is 0 Å². The van der Waals surface area contributed by atoms with E-state index in [2.05, 4.69) is 58.6 Å². The molecule has 1 aliphatic heterocycles. The Balaban J connectivity index is 1.57. The first kappa shape index (κ1) is 17.3. The molecule has 1 aliphatic carbocycles. The third-order valence-electron chi connectivity index (χ3n) is 5.35. The Morgan fingerprint density at radius 1 is 1.25 bits per heavy atom. The van der Waals surface area contributed by atoms with Gasteiger partial charge in [0.15, 0.2) is 5.96 Å². The highest BCUT2D eigenvalue weighted by atomic mass is 15.2. The van der Waals surface area contributed by atoms with Crippen molar-refractivity contribution in [2.24, 2.45) is 16.8 Å². The monoisotopic (exact) mass is 328 g/mol. The van der Waals surface area contributed by atoms with Crippen molar-refractivity contribution in [1.82, 2.24) is 15.5 Å². The van der Waals surface area contributed by atoms with Crippen LogP contribution < -0.4 is 10.6 Å². The molecule has 24 heavy (non-hydrogen) atoms. The van der Waals surface area contributed by atoms with Crippen LogP contribution in [0.5, 0.6) is 0 Å². The fraction of sp³-hybridized carbons (Fsp3) is 0.650. The van der Waals surface area contributed by atoms with Crippen LogP contribution in [-0.2, 0) is 13.1 Å². The highest BCUT2D eigenvalue weighted by Gasteiger charge is 2.33. The van der Waals surface area contributed by atoms with Gasteiger partial charge in [0, 0.05) is 32.7 Å². The molecule has 1 heterocycles. The van der Waals surface area contributed by atoms with Crippen molar-refractivity contribution in [3.05, 3.63) is 35.4 Å². The quantitative estimate of drug-likeness (QED) is 0.645. The van der Waals surface area contributed by atoms with E-state index in [1.807, 2.05) is 7.05 Å². The number of nitrogens with zero attached hydrogens (tertiary/aromatic N) is 2. The third-order valence-corrected chi connectivity index (χ3v) is 5.35. The number of hydrogen-bond donors (Lipinski definition) is 2. The van der Waals surface area contributed by atoms with Crippen LogP contribution in [0.4, 0.5) is 0 Å². The van der Waals surface area contributed by atoms with Crippen LogP contribution in [0.2, 0.25) is 0 Å². The topological polar surface area (TPSA) is 39.7 Å². The highest BCUT2D eigenvalue weighted by Crippen LogP contribution is 2.28. The molecule has 0 amide bonds. The minimum atomic E-state index is 0.598. The standard InChI is InChI=1S/C20H32N4/c1-15-7-6-10-24(13-15)14-18-9-5-4-8-17(18)12-22-20(21-3)23-19-11-16(19)2/h4-5,8-9,15-16,19H,6-7,10-14H2,1-3H3,(H2,21,22,23). The first-order valence-corrected chi connectivity index (χ1v) is 9.42. The smallest absolute Gasteiger partial charge is 0.191 e. The largest absolute Gasteiger partial charge is 0.353 e. The molecule has 4 heteroatoms. The van der Waals surface area contributed by atoms with E-state index in [0.29, 0.717) is 6.04 Å². The SMILES string of the molecule is CN=C(NCc1ccccc1CN1CCCC(C)C1)NC1CC1C. The molecule has 2 aliphatic rings. The molecule has 0 spiro atoms. The Morgan fingerprint density at radius 2 is 2.00 bits per heavy atom. The molecule has 1 saturated heterocycles. The van der Waals surface area contributed by atoms with Crippen LogP contribution in [0, 0.1) is 11.8 Å². The van der Waals surface area contributed by atoms with Gasteiger partial charge in [-0.05, 0) is 48.8 Å². The summed E-state index contributed by atoms with van der Waals surface area (Å²) in [6, 6.07) is 9.41. The normalized spacial score (nSPS) is 27.8. The van der Waals surface area contributed by atoms with Gasteiger partial charge >= 0.3 is 0 Å². The van der Waals surface area contributed by atoms with Crippen molar-refractivity contribution in [2.75, 3.05) is 20.1 Å². The van der Waals surface area contributed by atoms with Gasteiger partial charge < -0.3 is 10.6 Å². The average Bonchev–Trinajstić information content (AvgIpc) is 3.27. The zero-order chi connectivity index (χ0) is 16.9. The van der Waals surface area contributed by atoms with Crippen LogP contribution in [-0.4, -0.2) is 37.0 Å². The van der Waals surface area contributed by atoms with Gasteiger partial charge in [-0.25, -0.2) is 0 Å². The van der Waals surface area contributed by atoms with E-state index in [1.165, 1.54) is 43.5 Å². The van der Waals surface area contributed by atoms with E-state index in [0.717, 1.165) is 30.9 Å². The van der Waals surface area contributed by atoms with Crippen molar-refractivity contribution in [2.45, 2.75) is 52.2 Å². The van der Waals surface area contributed by atoms with Gasteiger partial charge in [0.25, 0.3) is 0 Å². The van der Waals surface area contributed by atoms with Gasteiger partial charge in [-0.3, -0.25) is 9.89 Å². The summed E-state index contributed by atoms with van der Waals surface area (Å²) in [6.45, 7) is 9.00. The molecular formula is C20H32N4. The van der Waals surface area contributed by atoms with Gasteiger partial charge in [-0.15, -0.1) is 0 Å². The molecule has 1 aromatic rings. The van der Waals surface area contributed by atoms with E-state index >= 15 is 0 Å². The minimum absolute atomic E-state index is 0.598. The van der Waals surface area contributed by atoms with Crippen LogP contribution in [0.1, 0.15) is 44.2 Å². The number of hydrogen-bond acceptors (Lipinski definition) is 2. The van der Waals surface area contributed by atoms with Crippen LogP contribution in [0.15, 0.2) is 29.3 Å². The Bertz CT molecular complexity index is 569. The fourth-order valence-corrected chi connectivity index (χ4v) is 3.63. The molecule has 0 radical (unpaired) electrons. The maximum Gasteiger partial charge on any atom is 0.191 e. The van der Waals surface area contributed by atoms with Gasteiger partial charge in [-0.1, -0.05) is 38.1 Å². The molecule has 4 nitrogen and oxygen atoms in total. The first-order valence-electron chi connectivity index (χ1n) is 9.42. The van der Waals surface area contributed by atoms with Crippen molar-refractivity contribution < 1.29 is 0 Å². The summed E-state index contributed by atoms with van der Waals surface area (Å²) in [6.07, 6.45) is 3.96. The Labute approximate surface area is 146 Å². The maximum atomic E-state index is 4.36. The summed E-state index contributed by atoms with van der Waals surface area (Å²) in [5.74, 6) is 2.52. The zero-order valence-corrected chi connectivity index (χ0v) is 15.4. The van der Waals surface area contributed by atoms with E-state index in [1.54, 1.807) is 0 Å². The summed E-state index contributed by atoms with van der Waals surface area (Å²) in [4.78, 5) is 6.96. The summed E-state index contributed by atoms with van der Waals surface area (Å²) in [7, 11) is 1.85. The zero-order valence-electron chi connectivity index (χ0n) is 15.4. The molecule has 2 fully saturated rings. The minimum Gasteiger partial charge on any atom is -0.353 e. The molecule has 132 valence electrons.